The Bertz CT molecular complexity index is 1310. The lowest BCUT2D eigenvalue weighted by Gasteiger charge is -2.37. The minimum atomic E-state index is 0. The molecule has 8 nitrogen and oxygen atoms in total. The van der Waals surface area contributed by atoms with E-state index in [1.165, 1.54) is 11.4 Å². The molecule has 4 aromatic rings. The third-order valence-electron chi connectivity index (χ3n) is 6.38. The highest BCUT2D eigenvalue weighted by Crippen LogP contribution is 2.30. The maximum absolute atomic E-state index is 4.47. The van der Waals surface area contributed by atoms with Gasteiger partial charge in [0.15, 0.2) is 0 Å². The summed E-state index contributed by atoms with van der Waals surface area (Å²) >= 11 is 3.16. The zero-order valence-corrected chi connectivity index (χ0v) is 24.6. The summed E-state index contributed by atoms with van der Waals surface area (Å²) in [6.45, 7) is 8.09. The maximum Gasteiger partial charge on any atom is 0.408 e. The van der Waals surface area contributed by atoms with Crippen LogP contribution in [0.4, 0.5) is 33.0 Å². The highest BCUT2D eigenvalue weighted by Gasteiger charge is 2.19. The van der Waals surface area contributed by atoms with Gasteiger partial charge in [-0.2, -0.15) is 0 Å². The third-order valence-corrected chi connectivity index (χ3v) is 8.05. The highest BCUT2D eigenvalue weighted by atomic mass is 32.1. The second-order valence-corrected chi connectivity index (χ2v) is 10.7. The first kappa shape index (κ1) is 29.1. The van der Waals surface area contributed by atoms with Crippen LogP contribution >= 0.6 is 22.7 Å². The Labute approximate surface area is 234 Å². The van der Waals surface area contributed by atoms with E-state index in [0.717, 1.165) is 58.9 Å². The van der Waals surface area contributed by atoms with E-state index < -0.39 is 0 Å². The van der Waals surface area contributed by atoms with Crippen molar-refractivity contribution >= 4 is 55.7 Å². The second kappa shape index (κ2) is 12.8. The molecular formula is C28H36N8S2. The van der Waals surface area contributed by atoms with Gasteiger partial charge in [0.1, 0.15) is 23.8 Å². The second-order valence-electron chi connectivity index (χ2n) is 8.91. The summed E-state index contributed by atoms with van der Waals surface area (Å²) in [4.78, 5) is 4.89. The van der Waals surface area contributed by atoms with Crippen LogP contribution in [0.5, 0.6) is 0 Å². The molecule has 2 aromatic heterocycles. The van der Waals surface area contributed by atoms with Gasteiger partial charge >= 0.3 is 10.3 Å². The van der Waals surface area contributed by atoms with E-state index in [1.807, 2.05) is 46.4 Å². The minimum Gasteiger partial charge on any atom is -0.368 e. The fourth-order valence-corrected chi connectivity index (χ4v) is 5.52. The number of rotatable bonds is 6. The van der Waals surface area contributed by atoms with Gasteiger partial charge in [0, 0.05) is 48.3 Å². The van der Waals surface area contributed by atoms with Gasteiger partial charge in [-0.25, -0.2) is 9.13 Å². The Morgan fingerprint density at radius 3 is 1.34 bits per heavy atom. The van der Waals surface area contributed by atoms with Crippen LogP contribution in [0.25, 0.3) is 0 Å². The van der Waals surface area contributed by atoms with E-state index in [0.29, 0.717) is 0 Å². The predicted molar refractivity (Wildman–Crippen MR) is 159 cm³/mol. The molecule has 0 bridgehead atoms. The summed E-state index contributed by atoms with van der Waals surface area (Å²) in [5, 5.41) is 23.5. The lowest BCUT2D eigenvalue weighted by molar-refractivity contribution is -0.654. The van der Waals surface area contributed by atoms with Crippen LogP contribution in [-0.4, -0.2) is 26.2 Å². The summed E-state index contributed by atoms with van der Waals surface area (Å²) in [7, 11) is 3.96. The Morgan fingerprint density at radius 1 is 0.632 bits per heavy atom. The van der Waals surface area contributed by atoms with Gasteiger partial charge in [-0.05, 0) is 94.3 Å². The molecule has 5 rings (SSSR count). The molecule has 1 fully saturated rings. The molecule has 0 radical (unpaired) electrons. The molecule has 0 N–H and O–H groups in total. The van der Waals surface area contributed by atoms with Crippen LogP contribution in [-0.2, 0) is 14.1 Å². The molecule has 10 heteroatoms. The summed E-state index contributed by atoms with van der Waals surface area (Å²) in [6.07, 6.45) is 3.98. The summed E-state index contributed by atoms with van der Waals surface area (Å²) in [6, 6.07) is 12.9. The van der Waals surface area contributed by atoms with Crippen molar-refractivity contribution in [3.63, 3.8) is 0 Å². The monoisotopic (exact) mass is 548 g/mol. The number of anilines is 2. The van der Waals surface area contributed by atoms with E-state index >= 15 is 0 Å². The predicted octanol–water partition coefficient (Wildman–Crippen LogP) is 7.13. The zero-order chi connectivity index (χ0) is 25.1. The number of azo groups is 2. The zero-order valence-electron chi connectivity index (χ0n) is 23.0. The summed E-state index contributed by atoms with van der Waals surface area (Å²) in [5.74, 6) is 0. The topological polar surface area (TPSA) is 63.7 Å². The van der Waals surface area contributed by atoms with Gasteiger partial charge in [0.05, 0.1) is 24.3 Å². The number of nitrogens with zero attached hydrogens (tertiary/aromatic N) is 8. The Balaban J connectivity index is 0.00000200. The molecule has 0 saturated carbocycles. The Morgan fingerprint density at radius 2 is 1.03 bits per heavy atom. The SMILES string of the molecule is Cc1cc(N2CCN(c3ccc(N=Nc4scc[n+]4C)c(C)c3)CC2)ccc1N=Nc1scc[n+]1C.[CH3-].[CH3-]. The average molecular weight is 549 g/mol. The summed E-state index contributed by atoms with van der Waals surface area (Å²) in [5.41, 5.74) is 6.56. The Kier molecular flexibility index (Phi) is 9.82. The van der Waals surface area contributed by atoms with Crippen molar-refractivity contribution in [1.29, 1.82) is 0 Å². The fraction of sp³-hybridized carbons (Fsp3) is 0.286. The number of thiazole rings is 2. The molecule has 3 heterocycles. The van der Waals surface area contributed by atoms with E-state index in [4.69, 9.17) is 0 Å². The standard InChI is InChI=1S/C26H30N8S2.2CH3/c1-19-17-21(5-7-23(19)27-29-25-31(3)13-15-35-25)33-9-11-34(12-10-33)22-6-8-24(20(2)18-22)28-30-26-32(4)14-16-36-26;;/h5-8,13-18H,9-12H2,1-4H3;2*1H3/q+2;2*-1. The molecule has 1 aliphatic heterocycles. The van der Waals surface area contributed by atoms with Gasteiger partial charge in [-0.3, -0.25) is 0 Å². The first-order valence-corrected chi connectivity index (χ1v) is 13.6. The van der Waals surface area contributed by atoms with E-state index in [2.05, 4.69) is 80.5 Å². The number of piperazine rings is 1. The fourth-order valence-electron chi connectivity index (χ4n) is 4.16. The van der Waals surface area contributed by atoms with Crippen LogP contribution in [0, 0.1) is 28.7 Å². The van der Waals surface area contributed by atoms with Crippen molar-refractivity contribution in [1.82, 2.24) is 0 Å². The van der Waals surface area contributed by atoms with Crippen LogP contribution < -0.4 is 18.9 Å². The average Bonchev–Trinajstić information content (AvgIpc) is 3.49. The van der Waals surface area contributed by atoms with Crippen molar-refractivity contribution in [3.05, 3.63) is 85.5 Å². The van der Waals surface area contributed by atoms with Crippen molar-refractivity contribution < 1.29 is 9.13 Å². The first-order valence-electron chi connectivity index (χ1n) is 11.9. The molecule has 1 saturated heterocycles. The molecule has 200 valence electrons. The lowest BCUT2D eigenvalue weighted by atomic mass is 10.1. The van der Waals surface area contributed by atoms with Gasteiger partial charge in [-0.1, -0.05) is 0 Å². The molecule has 38 heavy (non-hydrogen) atoms. The maximum atomic E-state index is 4.47. The van der Waals surface area contributed by atoms with Gasteiger partial charge < -0.3 is 24.7 Å². The smallest absolute Gasteiger partial charge is 0.368 e. The van der Waals surface area contributed by atoms with Gasteiger partial charge in [0.25, 0.3) is 0 Å². The van der Waals surface area contributed by atoms with Gasteiger partial charge in [-0.15, -0.1) is 0 Å². The molecule has 0 atom stereocenters. The molecule has 0 aliphatic carbocycles. The highest BCUT2D eigenvalue weighted by molar-refractivity contribution is 7.13. The molecule has 0 unspecified atom stereocenters. The van der Waals surface area contributed by atoms with Crippen molar-refractivity contribution in [2.24, 2.45) is 34.6 Å². The minimum absolute atomic E-state index is 0. The number of benzene rings is 2. The Hall–Kier alpha value is -3.50. The normalized spacial score (nSPS) is 13.7. The van der Waals surface area contributed by atoms with Crippen LogP contribution in [0.1, 0.15) is 11.1 Å². The number of aryl methyl sites for hydroxylation is 4. The van der Waals surface area contributed by atoms with Crippen LogP contribution in [0.2, 0.25) is 0 Å². The summed E-state index contributed by atoms with van der Waals surface area (Å²) < 4.78 is 3.95. The number of hydrogen-bond donors (Lipinski definition) is 0. The van der Waals surface area contributed by atoms with Crippen LogP contribution in [0.15, 0.2) is 80.0 Å². The van der Waals surface area contributed by atoms with Crippen LogP contribution in [0.3, 0.4) is 0 Å². The molecule has 1 aliphatic rings. The number of aromatic nitrogens is 2. The van der Waals surface area contributed by atoms with Crippen molar-refractivity contribution in [2.45, 2.75) is 13.8 Å². The van der Waals surface area contributed by atoms with Crippen molar-refractivity contribution in [3.8, 4) is 0 Å². The molecule has 2 aromatic carbocycles. The van der Waals surface area contributed by atoms with Crippen molar-refractivity contribution in [2.75, 3.05) is 36.0 Å². The lowest BCUT2D eigenvalue weighted by Crippen LogP contribution is -2.46. The first-order chi connectivity index (χ1) is 17.5. The van der Waals surface area contributed by atoms with E-state index in [1.54, 1.807) is 22.7 Å². The largest absolute Gasteiger partial charge is 0.408 e. The number of hydrogen-bond acceptors (Lipinski definition) is 8. The third kappa shape index (κ3) is 6.49. The molecular weight excluding hydrogens is 512 g/mol. The quantitative estimate of drug-likeness (QED) is 0.146. The molecule has 0 spiro atoms. The van der Waals surface area contributed by atoms with E-state index in [-0.39, 0.29) is 14.9 Å². The molecule has 0 amide bonds. The van der Waals surface area contributed by atoms with E-state index in [9.17, 15) is 0 Å². The van der Waals surface area contributed by atoms with Gasteiger partial charge in [0.2, 0.25) is 0 Å².